The fourth-order valence-corrected chi connectivity index (χ4v) is 4.73. The summed E-state index contributed by atoms with van der Waals surface area (Å²) in [6.07, 6.45) is 0.312. The minimum atomic E-state index is -1.23. The van der Waals surface area contributed by atoms with Crippen molar-refractivity contribution in [3.05, 3.63) is 102 Å². The number of aliphatic hydroxyl groups is 1. The molecule has 0 aromatic heterocycles. The van der Waals surface area contributed by atoms with E-state index in [1.807, 2.05) is 89.9 Å². The largest absolute Gasteiger partial charge is 0.494 e. The minimum Gasteiger partial charge on any atom is -0.494 e. The smallest absolute Gasteiger partial charge is 0.266 e. The average Bonchev–Trinajstić information content (AvgIpc) is 3.35. The summed E-state index contributed by atoms with van der Waals surface area (Å²) in [7, 11) is 0. The first-order chi connectivity index (χ1) is 18.7. The molecule has 3 aromatic carbocycles. The van der Waals surface area contributed by atoms with E-state index < -0.39 is 11.6 Å². The number of benzene rings is 3. The van der Waals surface area contributed by atoms with Crippen LogP contribution in [0.1, 0.15) is 29.2 Å². The Morgan fingerprint density at radius 1 is 1.00 bits per heavy atom. The maximum absolute atomic E-state index is 14.2. The zero-order valence-electron chi connectivity index (χ0n) is 21.3. The van der Waals surface area contributed by atoms with Gasteiger partial charge in [-0.2, -0.15) is 0 Å². The second-order valence-electron chi connectivity index (χ2n) is 9.40. The first kappa shape index (κ1) is 25.9. The predicted molar refractivity (Wildman–Crippen MR) is 144 cm³/mol. The SMILES string of the molecule is O=C(NN1CCOCC1)[C@@]1(Cc2ccccc2)N=C(c2ccc(OCCCO)cc2)O[C@H]1c1ccccc1. The minimum absolute atomic E-state index is 0.0830. The summed E-state index contributed by atoms with van der Waals surface area (Å²) in [5, 5.41) is 10.9. The Balaban J connectivity index is 1.52. The normalized spacial score (nSPS) is 21.4. The summed E-state index contributed by atoms with van der Waals surface area (Å²) in [5.41, 5.74) is 4.52. The van der Waals surface area contributed by atoms with Crippen molar-refractivity contribution >= 4 is 11.8 Å². The molecule has 8 heteroatoms. The summed E-state index contributed by atoms with van der Waals surface area (Å²) in [5.74, 6) is 0.894. The second-order valence-corrected chi connectivity index (χ2v) is 9.40. The van der Waals surface area contributed by atoms with Crippen molar-refractivity contribution in [2.24, 2.45) is 4.99 Å². The molecule has 0 spiro atoms. The number of nitrogens with one attached hydrogen (secondary N) is 1. The summed E-state index contributed by atoms with van der Waals surface area (Å²) in [4.78, 5) is 19.2. The zero-order valence-corrected chi connectivity index (χ0v) is 21.3. The molecular weight excluding hydrogens is 482 g/mol. The summed E-state index contributed by atoms with van der Waals surface area (Å²) >= 11 is 0. The molecule has 0 radical (unpaired) electrons. The van der Waals surface area contributed by atoms with Gasteiger partial charge in [-0.05, 0) is 35.4 Å². The third-order valence-electron chi connectivity index (χ3n) is 6.72. The van der Waals surface area contributed by atoms with Crippen molar-refractivity contribution in [1.82, 2.24) is 10.4 Å². The average molecular weight is 516 g/mol. The van der Waals surface area contributed by atoms with Gasteiger partial charge in [0.15, 0.2) is 11.6 Å². The Morgan fingerprint density at radius 3 is 2.37 bits per heavy atom. The van der Waals surface area contributed by atoms with Gasteiger partial charge in [-0.3, -0.25) is 10.2 Å². The van der Waals surface area contributed by atoms with Crippen molar-refractivity contribution in [3.63, 3.8) is 0 Å². The molecule has 0 bridgehead atoms. The molecule has 38 heavy (non-hydrogen) atoms. The monoisotopic (exact) mass is 515 g/mol. The van der Waals surface area contributed by atoms with Gasteiger partial charge < -0.3 is 19.3 Å². The molecule has 8 nitrogen and oxygen atoms in total. The maximum atomic E-state index is 14.2. The van der Waals surface area contributed by atoms with E-state index in [-0.39, 0.29) is 12.5 Å². The maximum Gasteiger partial charge on any atom is 0.266 e. The molecule has 3 aromatic rings. The number of aliphatic hydroxyl groups excluding tert-OH is 1. The second kappa shape index (κ2) is 12.2. The Hall–Kier alpha value is -3.72. The lowest BCUT2D eigenvalue weighted by atomic mass is 9.82. The summed E-state index contributed by atoms with van der Waals surface area (Å²) in [6, 6.07) is 27.2. The number of amides is 1. The van der Waals surface area contributed by atoms with E-state index in [4.69, 9.17) is 24.3 Å². The molecule has 2 aliphatic heterocycles. The number of nitrogens with zero attached hydrogens (tertiary/aromatic N) is 2. The van der Waals surface area contributed by atoms with Crippen LogP contribution >= 0.6 is 0 Å². The van der Waals surface area contributed by atoms with Crippen molar-refractivity contribution in [3.8, 4) is 5.75 Å². The molecule has 5 rings (SSSR count). The highest BCUT2D eigenvalue weighted by atomic mass is 16.5. The van der Waals surface area contributed by atoms with E-state index in [9.17, 15) is 4.79 Å². The lowest BCUT2D eigenvalue weighted by Crippen LogP contribution is -2.57. The van der Waals surface area contributed by atoms with E-state index >= 15 is 0 Å². The van der Waals surface area contributed by atoms with Crippen LogP contribution in [0.25, 0.3) is 0 Å². The number of morpholine rings is 1. The number of hydrazine groups is 1. The van der Waals surface area contributed by atoms with E-state index in [0.717, 1.165) is 16.7 Å². The molecule has 2 aliphatic rings. The highest BCUT2D eigenvalue weighted by Crippen LogP contribution is 2.42. The standard InChI is InChI=1S/C30H33N3O5/c34-18-7-19-37-26-14-12-25(13-15-26)28-31-30(22-23-8-3-1-4-9-23,27(38-28)24-10-5-2-6-11-24)29(35)32-33-16-20-36-21-17-33/h1-6,8-15,27,34H,7,16-22H2,(H,32,35)/t27-,30-/m0/s1. The Morgan fingerprint density at radius 2 is 1.68 bits per heavy atom. The van der Waals surface area contributed by atoms with Crippen molar-refractivity contribution in [2.45, 2.75) is 24.5 Å². The number of hydrogen-bond donors (Lipinski definition) is 2. The molecule has 1 amide bonds. The molecule has 0 saturated carbocycles. The van der Waals surface area contributed by atoms with E-state index in [1.165, 1.54) is 0 Å². The van der Waals surface area contributed by atoms with Crippen LogP contribution in [0.4, 0.5) is 0 Å². The molecule has 1 saturated heterocycles. The Labute approximate surface area is 222 Å². The third-order valence-corrected chi connectivity index (χ3v) is 6.72. The lowest BCUT2D eigenvalue weighted by molar-refractivity contribution is -0.136. The van der Waals surface area contributed by atoms with Crippen molar-refractivity contribution in [1.29, 1.82) is 0 Å². The van der Waals surface area contributed by atoms with Crippen LogP contribution in [0.5, 0.6) is 5.75 Å². The number of ether oxygens (including phenoxy) is 3. The summed E-state index contributed by atoms with van der Waals surface area (Å²) in [6.45, 7) is 2.86. The molecule has 198 valence electrons. The van der Waals surface area contributed by atoms with Gasteiger partial charge in [0.25, 0.3) is 5.91 Å². The number of rotatable bonds is 10. The number of carbonyl (C=O) groups excluding carboxylic acids is 1. The Bertz CT molecular complexity index is 1210. The fraction of sp³-hybridized carbons (Fsp3) is 0.333. The van der Waals surface area contributed by atoms with Crippen LogP contribution in [0, 0.1) is 0 Å². The van der Waals surface area contributed by atoms with Gasteiger partial charge in [0.2, 0.25) is 5.90 Å². The van der Waals surface area contributed by atoms with Crippen LogP contribution in [0.2, 0.25) is 0 Å². The van der Waals surface area contributed by atoms with E-state index in [1.54, 1.807) is 0 Å². The van der Waals surface area contributed by atoms with Gasteiger partial charge in [-0.1, -0.05) is 60.7 Å². The molecule has 1 fully saturated rings. The molecule has 0 aliphatic carbocycles. The van der Waals surface area contributed by atoms with Crippen molar-refractivity contribution in [2.75, 3.05) is 39.5 Å². The fourth-order valence-electron chi connectivity index (χ4n) is 4.73. The Kier molecular flexibility index (Phi) is 8.33. The van der Waals surface area contributed by atoms with Gasteiger partial charge >= 0.3 is 0 Å². The number of carbonyl (C=O) groups is 1. The van der Waals surface area contributed by atoms with Gasteiger partial charge in [0.1, 0.15) is 5.75 Å². The van der Waals surface area contributed by atoms with Gasteiger partial charge in [0.05, 0.1) is 19.8 Å². The number of hydrogen-bond acceptors (Lipinski definition) is 7. The molecule has 0 unspecified atom stereocenters. The van der Waals surface area contributed by atoms with Gasteiger partial charge in [-0.15, -0.1) is 0 Å². The van der Waals surface area contributed by atoms with Crippen molar-refractivity contribution < 1.29 is 24.1 Å². The molecule has 2 heterocycles. The van der Waals surface area contributed by atoms with Gasteiger partial charge in [-0.25, -0.2) is 10.0 Å². The van der Waals surface area contributed by atoms with Crippen LogP contribution < -0.4 is 10.2 Å². The first-order valence-corrected chi connectivity index (χ1v) is 13.0. The van der Waals surface area contributed by atoms with Gasteiger partial charge in [0, 0.05) is 38.1 Å². The highest BCUT2D eigenvalue weighted by Gasteiger charge is 2.53. The predicted octanol–water partition coefficient (Wildman–Crippen LogP) is 3.31. The lowest BCUT2D eigenvalue weighted by Gasteiger charge is -2.34. The van der Waals surface area contributed by atoms with E-state index in [0.29, 0.717) is 57.4 Å². The first-order valence-electron chi connectivity index (χ1n) is 13.0. The molecule has 2 atom stereocenters. The quantitative estimate of drug-likeness (QED) is 0.403. The number of aliphatic imine (C=N–C) groups is 1. The molecular formula is C30H33N3O5. The highest BCUT2D eigenvalue weighted by molar-refractivity contribution is 6.01. The third kappa shape index (κ3) is 5.88. The zero-order chi connectivity index (χ0) is 26.2. The van der Waals surface area contributed by atoms with Crippen LogP contribution in [0.15, 0.2) is 89.9 Å². The topological polar surface area (TPSA) is 92.6 Å². The van der Waals surface area contributed by atoms with E-state index in [2.05, 4.69) is 5.43 Å². The summed E-state index contributed by atoms with van der Waals surface area (Å²) < 4.78 is 17.7. The van der Waals surface area contributed by atoms with Crippen LogP contribution in [0.3, 0.4) is 0 Å². The van der Waals surface area contributed by atoms with Crippen LogP contribution in [-0.4, -0.2) is 67.0 Å². The van der Waals surface area contributed by atoms with Crippen LogP contribution in [-0.2, 0) is 20.7 Å². The molecule has 2 N–H and O–H groups in total.